The van der Waals surface area contributed by atoms with Crippen LogP contribution in [-0.4, -0.2) is 61.1 Å². The van der Waals surface area contributed by atoms with Gasteiger partial charge in [0.25, 0.3) is 5.91 Å². The van der Waals surface area contributed by atoms with Crippen LogP contribution in [-0.2, 0) is 6.42 Å². The molecule has 1 aromatic heterocycles. The summed E-state index contributed by atoms with van der Waals surface area (Å²) < 4.78 is 21.7. The number of ether oxygens (including phenoxy) is 4. The summed E-state index contributed by atoms with van der Waals surface area (Å²) in [7, 11) is 6.15. The molecule has 0 spiro atoms. The second kappa shape index (κ2) is 10.6. The third-order valence-electron chi connectivity index (χ3n) is 7.10. The Morgan fingerprint density at radius 1 is 0.872 bits per heavy atom. The predicted molar refractivity (Wildman–Crippen MR) is 146 cm³/mol. The van der Waals surface area contributed by atoms with Crippen LogP contribution in [0.2, 0.25) is 0 Å². The van der Waals surface area contributed by atoms with Crippen molar-refractivity contribution in [3.63, 3.8) is 0 Å². The molecule has 1 atom stereocenters. The van der Waals surface area contributed by atoms with Crippen molar-refractivity contribution in [2.24, 2.45) is 0 Å². The first kappa shape index (κ1) is 26.0. The van der Waals surface area contributed by atoms with Gasteiger partial charge in [0.1, 0.15) is 5.69 Å². The van der Waals surface area contributed by atoms with Crippen LogP contribution >= 0.6 is 0 Å². The second-order valence-electron chi connectivity index (χ2n) is 9.34. The molecule has 0 bridgehead atoms. The number of nitrogens with one attached hydrogen (secondary N) is 1. The van der Waals surface area contributed by atoms with Crippen molar-refractivity contribution in [1.82, 2.24) is 15.1 Å². The lowest BCUT2D eigenvalue weighted by Gasteiger charge is -2.27. The first-order valence-corrected chi connectivity index (χ1v) is 12.5. The molecule has 1 aliphatic heterocycles. The van der Waals surface area contributed by atoms with Gasteiger partial charge >= 0.3 is 0 Å². The van der Waals surface area contributed by atoms with Gasteiger partial charge in [0.15, 0.2) is 23.0 Å². The summed E-state index contributed by atoms with van der Waals surface area (Å²) in [4.78, 5) is 15.6. The summed E-state index contributed by atoms with van der Waals surface area (Å²) >= 11 is 0. The summed E-state index contributed by atoms with van der Waals surface area (Å²) in [5.74, 6) is 1.52. The van der Waals surface area contributed by atoms with Crippen LogP contribution in [0.4, 0.5) is 0 Å². The quantitative estimate of drug-likeness (QED) is 0.317. The van der Waals surface area contributed by atoms with E-state index >= 15 is 0 Å². The van der Waals surface area contributed by atoms with Crippen molar-refractivity contribution in [2.75, 3.05) is 35.0 Å². The molecule has 202 valence electrons. The van der Waals surface area contributed by atoms with Crippen LogP contribution in [0.3, 0.4) is 0 Å². The number of phenolic OH excluding ortho intramolecular Hbond substituents is 1. The Bertz CT molecular complexity index is 1490. The number of aromatic amines is 1. The lowest BCUT2D eigenvalue weighted by molar-refractivity contribution is 0.0745. The maximum atomic E-state index is 13.8. The second-order valence-corrected chi connectivity index (χ2v) is 9.34. The summed E-state index contributed by atoms with van der Waals surface area (Å²) in [6.07, 6.45) is 0.576. The van der Waals surface area contributed by atoms with Gasteiger partial charge in [-0.3, -0.25) is 9.89 Å². The van der Waals surface area contributed by atoms with Crippen LogP contribution in [0.5, 0.6) is 28.7 Å². The number of aryl methyl sites for hydroxylation is 1. The number of hydrogen-bond donors (Lipinski definition) is 2. The smallest absolute Gasteiger partial charge is 0.273 e. The minimum absolute atomic E-state index is 0.101. The van der Waals surface area contributed by atoms with Gasteiger partial charge in [-0.15, -0.1) is 0 Å². The topological polar surface area (TPSA) is 106 Å². The Morgan fingerprint density at radius 3 is 2.13 bits per heavy atom. The fourth-order valence-corrected chi connectivity index (χ4v) is 5.06. The number of aromatic hydroxyl groups is 1. The van der Waals surface area contributed by atoms with Crippen molar-refractivity contribution in [1.29, 1.82) is 0 Å². The van der Waals surface area contributed by atoms with Crippen LogP contribution < -0.4 is 18.9 Å². The largest absolute Gasteiger partial charge is 0.502 e. The van der Waals surface area contributed by atoms with Gasteiger partial charge in [0.05, 0.1) is 40.2 Å². The molecule has 4 aromatic rings. The van der Waals surface area contributed by atoms with Crippen LogP contribution in [0.1, 0.15) is 38.8 Å². The average Bonchev–Trinajstić information content (AvgIpc) is 3.50. The van der Waals surface area contributed by atoms with E-state index in [0.717, 1.165) is 27.8 Å². The highest BCUT2D eigenvalue weighted by molar-refractivity contribution is 6.00. The van der Waals surface area contributed by atoms with Gasteiger partial charge in [0, 0.05) is 17.7 Å². The number of rotatable bonds is 9. The number of hydrogen-bond acceptors (Lipinski definition) is 7. The summed E-state index contributed by atoms with van der Waals surface area (Å²) in [5.41, 5.74) is 5.66. The fraction of sp³-hybridized carbons (Fsp3) is 0.267. The number of benzene rings is 3. The number of nitrogens with zero attached hydrogens (tertiary/aromatic N) is 2. The summed E-state index contributed by atoms with van der Waals surface area (Å²) in [6.45, 7) is 2.44. The van der Waals surface area contributed by atoms with E-state index < -0.39 is 6.04 Å². The maximum absolute atomic E-state index is 13.8. The van der Waals surface area contributed by atoms with E-state index in [1.807, 2.05) is 54.3 Å². The minimum Gasteiger partial charge on any atom is -0.502 e. The van der Waals surface area contributed by atoms with E-state index in [1.54, 1.807) is 26.4 Å². The molecule has 0 fully saturated rings. The van der Waals surface area contributed by atoms with E-state index in [9.17, 15) is 9.90 Å². The van der Waals surface area contributed by atoms with Gasteiger partial charge in [-0.2, -0.15) is 5.10 Å². The lowest BCUT2D eigenvalue weighted by Crippen LogP contribution is -2.31. The molecule has 0 saturated carbocycles. The highest BCUT2D eigenvalue weighted by atomic mass is 16.5. The number of carbonyl (C=O) groups excluding carboxylic acids is 1. The van der Waals surface area contributed by atoms with Gasteiger partial charge < -0.3 is 29.0 Å². The molecule has 0 radical (unpaired) electrons. The first-order valence-electron chi connectivity index (χ1n) is 12.5. The molecule has 39 heavy (non-hydrogen) atoms. The van der Waals surface area contributed by atoms with Gasteiger partial charge in [-0.1, -0.05) is 35.9 Å². The Balaban J connectivity index is 1.60. The molecule has 0 aliphatic carbocycles. The standard InChI is InChI=1S/C30H31N3O6/c1-17-6-9-19(10-7-17)26-25-27(32-31-26)30(35)33(13-12-18-8-11-21(36-2)22(14-18)37-3)28(25)20-15-23(38-4)29(34)24(16-20)39-5/h6-11,14-16,28,34H,12-13H2,1-5H3,(H,31,32). The van der Waals surface area contributed by atoms with E-state index in [-0.39, 0.29) is 23.2 Å². The van der Waals surface area contributed by atoms with Crippen molar-refractivity contribution in [3.05, 3.63) is 82.5 Å². The SMILES string of the molecule is COc1ccc(CCN2C(=O)c3[nH]nc(-c4ccc(C)cc4)c3C2c2cc(OC)c(O)c(OC)c2)cc1OC. The molecule has 1 aliphatic rings. The number of carbonyl (C=O) groups is 1. The van der Waals surface area contributed by atoms with Crippen LogP contribution in [0.15, 0.2) is 54.6 Å². The average molecular weight is 530 g/mol. The van der Waals surface area contributed by atoms with Crippen molar-refractivity contribution in [3.8, 4) is 40.0 Å². The van der Waals surface area contributed by atoms with E-state index in [1.165, 1.54) is 14.2 Å². The molecule has 0 saturated heterocycles. The van der Waals surface area contributed by atoms with Gasteiger partial charge in [0.2, 0.25) is 5.75 Å². The molecular weight excluding hydrogens is 498 g/mol. The summed E-state index contributed by atoms with van der Waals surface area (Å²) in [6, 6.07) is 16.7. The molecule has 3 aromatic carbocycles. The lowest BCUT2D eigenvalue weighted by atomic mass is 9.95. The van der Waals surface area contributed by atoms with Crippen LogP contribution in [0, 0.1) is 6.92 Å². The van der Waals surface area contributed by atoms with E-state index in [4.69, 9.17) is 18.9 Å². The number of methoxy groups -OCH3 is 4. The minimum atomic E-state index is -0.494. The third kappa shape index (κ3) is 4.60. The number of amides is 1. The Labute approximate surface area is 226 Å². The molecule has 1 unspecified atom stereocenters. The van der Waals surface area contributed by atoms with Crippen molar-refractivity contribution >= 4 is 5.91 Å². The Morgan fingerprint density at radius 2 is 1.51 bits per heavy atom. The molecule has 1 amide bonds. The zero-order chi connectivity index (χ0) is 27.7. The Hall–Kier alpha value is -4.66. The van der Waals surface area contributed by atoms with Crippen LogP contribution in [0.25, 0.3) is 11.3 Å². The van der Waals surface area contributed by atoms with E-state index in [2.05, 4.69) is 10.2 Å². The fourth-order valence-electron chi connectivity index (χ4n) is 5.06. The predicted octanol–water partition coefficient (Wildman–Crippen LogP) is 4.91. The van der Waals surface area contributed by atoms with Crippen molar-refractivity contribution in [2.45, 2.75) is 19.4 Å². The molecule has 2 heterocycles. The maximum Gasteiger partial charge on any atom is 0.273 e. The normalized spacial score (nSPS) is 14.3. The third-order valence-corrected chi connectivity index (χ3v) is 7.10. The van der Waals surface area contributed by atoms with Crippen molar-refractivity contribution < 1.29 is 28.8 Å². The molecule has 9 heteroatoms. The number of fused-ring (bicyclic) bond motifs is 1. The zero-order valence-corrected chi connectivity index (χ0v) is 22.6. The highest BCUT2D eigenvalue weighted by Gasteiger charge is 2.42. The number of H-pyrrole nitrogens is 1. The first-order chi connectivity index (χ1) is 18.9. The summed E-state index contributed by atoms with van der Waals surface area (Å²) in [5, 5.41) is 18.1. The highest BCUT2D eigenvalue weighted by Crippen LogP contribution is 2.47. The van der Waals surface area contributed by atoms with Gasteiger partial charge in [-0.05, 0) is 48.7 Å². The molecular formula is C30H31N3O6. The number of aromatic nitrogens is 2. The molecule has 2 N–H and O–H groups in total. The molecule has 9 nitrogen and oxygen atoms in total. The van der Waals surface area contributed by atoms with Gasteiger partial charge in [-0.25, -0.2) is 0 Å². The Kier molecular flexibility index (Phi) is 7.06. The monoisotopic (exact) mass is 529 g/mol. The zero-order valence-electron chi connectivity index (χ0n) is 22.6. The van der Waals surface area contributed by atoms with E-state index in [0.29, 0.717) is 35.9 Å². The molecule has 5 rings (SSSR count). The number of phenols is 1.